The Kier molecular flexibility index (Phi) is 5.56. The van der Waals surface area contributed by atoms with Crippen LogP contribution in [0.15, 0.2) is 67.0 Å². The minimum atomic E-state index is -0.162. The Morgan fingerprint density at radius 3 is 2.15 bits per heavy atom. The van der Waals surface area contributed by atoms with Crippen LogP contribution >= 0.6 is 0 Å². The molecule has 0 fully saturated rings. The van der Waals surface area contributed by atoms with Gasteiger partial charge in [-0.1, -0.05) is 42.5 Å². The number of rotatable bonds is 5. The number of carbonyl (C=O) groups excluding carboxylic acids is 2. The van der Waals surface area contributed by atoms with Crippen molar-refractivity contribution in [2.24, 2.45) is 0 Å². The summed E-state index contributed by atoms with van der Waals surface area (Å²) in [5.41, 5.74) is 2.85. The Bertz CT molecular complexity index is 923. The SMILES string of the molecule is CNC(=O)c1ccc(CN(C)C(=O)c2cnc(-c3ccccc3)nc2)cc1. The van der Waals surface area contributed by atoms with Crippen molar-refractivity contribution >= 4 is 11.8 Å². The molecule has 136 valence electrons. The van der Waals surface area contributed by atoms with Gasteiger partial charge in [0.2, 0.25) is 0 Å². The molecule has 0 bridgehead atoms. The zero-order valence-corrected chi connectivity index (χ0v) is 15.2. The zero-order chi connectivity index (χ0) is 19.2. The smallest absolute Gasteiger partial charge is 0.257 e. The van der Waals surface area contributed by atoms with E-state index < -0.39 is 0 Å². The maximum Gasteiger partial charge on any atom is 0.257 e. The first-order valence-electron chi connectivity index (χ1n) is 8.52. The van der Waals surface area contributed by atoms with Crippen LogP contribution in [0.25, 0.3) is 11.4 Å². The van der Waals surface area contributed by atoms with E-state index in [1.54, 1.807) is 43.5 Å². The number of hydrogen-bond donors (Lipinski definition) is 1. The Hall–Kier alpha value is -3.54. The van der Waals surface area contributed by atoms with Gasteiger partial charge in [0, 0.05) is 44.2 Å². The van der Waals surface area contributed by atoms with Gasteiger partial charge >= 0.3 is 0 Å². The molecule has 2 aromatic carbocycles. The molecule has 27 heavy (non-hydrogen) atoms. The quantitative estimate of drug-likeness (QED) is 0.759. The van der Waals surface area contributed by atoms with Gasteiger partial charge in [0.1, 0.15) is 0 Å². The highest BCUT2D eigenvalue weighted by Crippen LogP contribution is 2.14. The summed E-state index contributed by atoms with van der Waals surface area (Å²) in [7, 11) is 3.31. The molecule has 0 spiro atoms. The average Bonchev–Trinajstić information content (AvgIpc) is 2.74. The molecular formula is C21H20N4O2. The number of amides is 2. The molecular weight excluding hydrogens is 340 g/mol. The van der Waals surface area contributed by atoms with Crippen molar-refractivity contribution in [2.45, 2.75) is 6.54 Å². The molecule has 1 aromatic heterocycles. The van der Waals surface area contributed by atoms with Gasteiger partial charge in [-0.15, -0.1) is 0 Å². The maximum atomic E-state index is 12.6. The monoisotopic (exact) mass is 360 g/mol. The lowest BCUT2D eigenvalue weighted by Gasteiger charge is -2.17. The lowest BCUT2D eigenvalue weighted by atomic mass is 10.1. The van der Waals surface area contributed by atoms with E-state index in [1.165, 1.54) is 0 Å². The number of nitrogens with one attached hydrogen (secondary N) is 1. The number of hydrogen-bond acceptors (Lipinski definition) is 4. The van der Waals surface area contributed by atoms with Gasteiger partial charge in [-0.05, 0) is 17.7 Å². The lowest BCUT2D eigenvalue weighted by Crippen LogP contribution is -2.26. The summed E-state index contributed by atoms with van der Waals surface area (Å²) < 4.78 is 0. The van der Waals surface area contributed by atoms with Gasteiger partial charge in [-0.25, -0.2) is 9.97 Å². The van der Waals surface area contributed by atoms with Crippen LogP contribution in [0.3, 0.4) is 0 Å². The van der Waals surface area contributed by atoms with Crippen LogP contribution in [0.5, 0.6) is 0 Å². The second kappa shape index (κ2) is 8.23. The molecule has 0 saturated heterocycles. The summed E-state index contributed by atoms with van der Waals surface area (Å²) in [5, 5.41) is 2.58. The van der Waals surface area contributed by atoms with Crippen LogP contribution in [0, 0.1) is 0 Å². The van der Waals surface area contributed by atoms with E-state index in [0.29, 0.717) is 23.5 Å². The summed E-state index contributed by atoms with van der Waals surface area (Å²) >= 11 is 0. The van der Waals surface area contributed by atoms with E-state index in [4.69, 9.17) is 0 Å². The highest BCUT2D eigenvalue weighted by molar-refractivity contribution is 5.94. The van der Waals surface area contributed by atoms with E-state index in [1.807, 2.05) is 42.5 Å². The first-order chi connectivity index (χ1) is 13.1. The normalized spacial score (nSPS) is 10.3. The molecule has 0 saturated carbocycles. The van der Waals surface area contributed by atoms with Crippen molar-refractivity contribution in [1.29, 1.82) is 0 Å². The summed E-state index contributed by atoms with van der Waals surface area (Å²) in [6.07, 6.45) is 3.09. The Morgan fingerprint density at radius 1 is 0.926 bits per heavy atom. The first kappa shape index (κ1) is 18.3. The summed E-state index contributed by atoms with van der Waals surface area (Å²) in [6, 6.07) is 16.8. The average molecular weight is 360 g/mol. The number of nitrogens with zero attached hydrogens (tertiary/aromatic N) is 3. The largest absolute Gasteiger partial charge is 0.355 e. The van der Waals surface area contributed by atoms with Gasteiger partial charge < -0.3 is 10.2 Å². The van der Waals surface area contributed by atoms with Crippen LogP contribution < -0.4 is 5.32 Å². The third-order valence-corrected chi connectivity index (χ3v) is 4.14. The standard InChI is InChI=1S/C21H20N4O2/c1-22-20(26)17-10-8-15(9-11-17)14-25(2)21(27)18-12-23-19(24-13-18)16-6-4-3-5-7-16/h3-13H,14H2,1-2H3,(H,22,26). The fraction of sp³-hybridized carbons (Fsp3) is 0.143. The number of aromatic nitrogens is 2. The van der Waals surface area contributed by atoms with Crippen LogP contribution in [-0.4, -0.2) is 40.8 Å². The topological polar surface area (TPSA) is 75.2 Å². The van der Waals surface area contributed by atoms with Crippen molar-refractivity contribution < 1.29 is 9.59 Å². The molecule has 0 aliphatic heterocycles. The number of benzene rings is 2. The lowest BCUT2D eigenvalue weighted by molar-refractivity contribution is 0.0783. The van der Waals surface area contributed by atoms with Crippen molar-refractivity contribution in [3.63, 3.8) is 0 Å². The van der Waals surface area contributed by atoms with Gasteiger partial charge in [-0.3, -0.25) is 9.59 Å². The van der Waals surface area contributed by atoms with Crippen LogP contribution in [0.4, 0.5) is 0 Å². The minimum Gasteiger partial charge on any atom is -0.355 e. The van der Waals surface area contributed by atoms with Crippen LogP contribution in [-0.2, 0) is 6.54 Å². The number of carbonyl (C=O) groups is 2. The highest BCUT2D eigenvalue weighted by atomic mass is 16.2. The minimum absolute atomic E-state index is 0.137. The van der Waals surface area contributed by atoms with Crippen LogP contribution in [0.1, 0.15) is 26.3 Å². The van der Waals surface area contributed by atoms with Crippen molar-refractivity contribution in [2.75, 3.05) is 14.1 Å². The molecule has 6 heteroatoms. The molecule has 1 N–H and O–H groups in total. The molecule has 6 nitrogen and oxygen atoms in total. The van der Waals surface area contributed by atoms with Crippen molar-refractivity contribution in [3.05, 3.63) is 83.7 Å². The van der Waals surface area contributed by atoms with E-state index in [0.717, 1.165) is 11.1 Å². The zero-order valence-electron chi connectivity index (χ0n) is 15.2. The third kappa shape index (κ3) is 4.36. The third-order valence-electron chi connectivity index (χ3n) is 4.14. The maximum absolute atomic E-state index is 12.6. The Balaban J connectivity index is 1.67. The van der Waals surface area contributed by atoms with E-state index >= 15 is 0 Å². The second-order valence-corrected chi connectivity index (χ2v) is 6.10. The molecule has 1 heterocycles. The van der Waals surface area contributed by atoms with Gasteiger partial charge in [0.25, 0.3) is 11.8 Å². The molecule has 0 radical (unpaired) electrons. The highest BCUT2D eigenvalue weighted by Gasteiger charge is 2.14. The predicted molar refractivity (Wildman–Crippen MR) is 103 cm³/mol. The van der Waals surface area contributed by atoms with Gasteiger partial charge in [0.15, 0.2) is 5.82 Å². The van der Waals surface area contributed by atoms with Crippen molar-refractivity contribution in [1.82, 2.24) is 20.2 Å². The van der Waals surface area contributed by atoms with Crippen molar-refractivity contribution in [3.8, 4) is 11.4 Å². The van der Waals surface area contributed by atoms with Gasteiger partial charge in [0.05, 0.1) is 5.56 Å². The summed E-state index contributed by atoms with van der Waals surface area (Å²) in [6.45, 7) is 0.424. The molecule has 2 amide bonds. The fourth-order valence-corrected chi connectivity index (χ4v) is 2.65. The van der Waals surface area contributed by atoms with Crippen LogP contribution in [0.2, 0.25) is 0 Å². The first-order valence-corrected chi connectivity index (χ1v) is 8.52. The Labute approximate surface area is 157 Å². The molecule has 0 atom stereocenters. The second-order valence-electron chi connectivity index (χ2n) is 6.10. The molecule has 0 aliphatic carbocycles. The summed E-state index contributed by atoms with van der Waals surface area (Å²) in [4.78, 5) is 34.4. The van der Waals surface area contributed by atoms with Gasteiger partial charge in [-0.2, -0.15) is 0 Å². The summed E-state index contributed by atoms with van der Waals surface area (Å²) in [5.74, 6) is 0.284. The fourth-order valence-electron chi connectivity index (χ4n) is 2.65. The molecule has 3 rings (SSSR count). The van der Waals surface area contributed by atoms with E-state index in [-0.39, 0.29) is 11.8 Å². The van der Waals surface area contributed by atoms with E-state index in [2.05, 4.69) is 15.3 Å². The molecule has 0 unspecified atom stereocenters. The predicted octanol–water partition coefficient (Wildman–Crippen LogP) is 2.78. The molecule has 0 aliphatic rings. The Morgan fingerprint density at radius 2 is 1.56 bits per heavy atom. The molecule has 3 aromatic rings. The van der Waals surface area contributed by atoms with E-state index in [9.17, 15) is 9.59 Å².